The first kappa shape index (κ1) is 19.4. The van der Waals surface area contributed by atoms with E-state index >= 15 is 0 Å². The maximum atomic E-state index is 10.9. The number of primary amides is 1. The molecule has 3 N–H and O–H groups in total. The minimum absolute atomic E-state index is 0.282. The van der Waals surface area contributed by atoms with Crippen LogP contribution in [0.25, 0.3) is 0 Å². The van der Waals surface area contributed by atoms with Crippen LogP contribution in [-0.4, -0.2) is 32.9 Å². The number of anilines is 1. The zero-order valence-electron chi connectivity index (χ0n) is 14.7. The molecule has 26 heavy (non-hydrogen) atoms. The lowest BCUT2D eigenvalue weighted by Crippen LogP contribution is -2.20. The number of nitrogens with one attached hydrogen (secondary N) is 1. The number of aryl methyl sites for hydroxylation is 1. The Bertz CT molecular complexity index is 799. The molecule has 0 heterocycles. The molecule has 0 saturated carbocycles. The molecule has 0 unspecified atom stereocenters. The van der Waals surface area contributed by atoms with Crippen molar-refractivity contribution in [3.8, 4) is 17.2 Å². The molecule has 8 heteroatoms. The van der Waals surface area contributed by atoms with E-state index in [-0.39, 0.29) is 6.61 Å². The molecular weight excluding hydrogens is 358 g/mol. The highest BCUT2D eigenvalue weighted by Crippen LogP contribution is 2.38. The minimum atomic E-state index is -0.597. The van der Waals surface area contributed by atoms with Gasteiger partial charge in [-0.15, -0.1) is 0 Å². The summed E-state index contributed by atoms with van der Waals surface area (Å²) in [6, 6.07) is 8.96. The van der Waals surface area contributed by atoms with Crippen LogP contribution in [0.15, 0.2) is 35.4 Å². The number of hydrogen-bond acceptors (Lipinski definition) is 6. The van der Waals surface area contributed by atoms with Gasteiger partial charge in [-0.3, -0.25) is 10.2 Å². The Morgan fingerprint density at radius 1 is 1.23 bits per heavy atom. The lowest BCUT2D eigenvalue weighted by atomic mass is 10.2. The van der Waals surface area contributed by atoms with Gasteiger partial charge in [-0.1, -0.05) is 17.7 Å². The molecular formula is C18H20ClN3O4. The predicted octanol–water partition coefficient (Wildman–Crippen LogP) is 2.98. The van der Waals surface area contributed by atoms with E-state index in [1.807, 2.05) is 19.1 Å². The van der Waals surface area contributed by atoms with Crippen LogP contribution in [-0.2, 0) is 4.79 Å². The molecule has 0 bridgehead atoms. The van der Waals surface area contributed by atoms with Gasteiger partial charge in [0.05, 0.1) is 26.1 Å². The molecule has 0 fully saturated rings. The largest absolute Gasteiger partial charge is 0.493 e. The summed E-state index contributed by atoms with van der Waals surface area (Å²) in [6.07, 6.45) is 1.59. The Hall–Kier alpha value is -2.93. The van der Waals surface area contributed by atoms with Crippen molar-refractivity contribution in [2.75, 3.05) is 26.3 Å². The molecule has 138 valence electrons. The lowest BCUT2D eigenvalue weighted by molar-refractivity contribution is -0.119. The molecule has 7 nitrogen and oxygen atoms in total. The Morgan fingerprint density at radius 3 is 2.42 bits per heavy atom. The molecule has 0 radical (unpaired) electrons. The highest BCUT2D eigenvalue weighted by molar-refractivity contribution is 6.31. The molecule has 1 amide bonds. The van der Waals surface area contributed by atoms with Crippen LogP contribution in [0.4, 0.5) is 5.69 Å². The Balaban J connectivity index is 2.20. The normalized spacial score (nSPS) is 10.6. The standard InChI is InChI=1S/C18H20ClN3O4/c1-11-4-5-13(8-14(11)19)22-21-9-12-6-15(24-2)18(16(7-12)25-3)26-10-17(20)23/h4-9,22H,10H2,1-3H3,(H2,20,23)/b21-9-. The minimum Gasteiger partial charge on any atom is -0.493 e. The van der Waals surface area contributed by atoms with E-state index in [1.165, 1.54) is 14.2 Å². The molecule has 0 saturated heterocycles. The second kappa shape index (κ2) is 8.96. The molecule has 2 aromatic rings. The van der Waals surface area contributed by atoms with Crippen molar-refractivity contribution in [3.05, 3.63) is 46.5 Å². The van der Waals surface area contributed by atoms with E-state index in [9.17, 15) is 4.79 Å². The number of amides is 1. The van der Waals surface area contributed by atoms with Gasteiger partial charge in [-0.25, -0.2) is 0 Å². The fourth-order valence-electron chi connectivity index (χ4n) is 2.10. The number of carbonyl (C=O) groups is 1. The Morgan fingerprint density at radius 2 is 1.88 bits per heavy atom. The van der Waals surface area contributed by atoms with Crippen molar-refractivity contribution in [2.45, 2.75) is 6.92 Å². The van der Waals surface area contributed by atoms with E-state index in [4.69, 9.17) is 31.5 Å². The van der Waals surface area contributed by atoms with Gasteiger partial charge in [0.15, 0.2) is 18.1 Å². The molecule has 0 aliphatic rings. The quantitative estimate of drug-likeness (QED) is 0.544. The van der Waals surface area contributed by atoms with Gasteiger partial charge in [0.2, 0.25) is 5.75 Å². The summed E-state index contributed by atoms with van der Waals surface area (Å²) in [4.78, 5) is 10.9. The first-order chi connectivity index (χ1) is 12.4. The summed E-state index contributed by atoms with van der Waals surface area (Å²) < 4.78 is 16.0. The third-order valence-electron chi connectivity index (χ3n) is 3.42. The number of benzene rings is 2. The number of halogens is 1. The van der Waals surface area contributed by atoms with Gasteiger partial charge >= 0.3 is 0 Å². The number of rotatable bonds is 8. The summed E-state index contributed by atoms with van der Waals surface area (Å²) in [6.45, 7) is 1.64. The van der Waals surface area contributed by atoms with Gasteiger partial charge in [-0.2, -0.15) is 5.10 Å². The summed E-state index contributed by atoms with van der Waals surface area (Å²) in [5, 5.41) is 4.83. The van der Waals surface area contributed by atoms with Crippen molar-refractivity contribution in [1.82, 2.24) is 0 Å². The molecule has 0 spiro atoms. The number of nitrogens with two attached hydrogens (primary N) is 1. The van der Waals surface area contributed by atoms with Crippen LogP contribution in [0.3, 0.4) is 0 Å². The number of hydrogen-bond donors (Lipinski definition) is 2. The first-order valence-corrected chi connectivity index (χ1v) is 8.04. The first-order valence-electron chi connectivity index (χ1n) is 7.67. The third kappa shape index (κ3) is 5.03. The van der Waals surface area contributed by atoms with E-state index in [1.54, 1.807) is 24.4 Å². The maximum absolute atomic E-state index is 10.9. The SMILES string of the molecule is COc1cc(/C=N\Nc2ccc(C)c(Cl)c2)cc(OC)c1OCC(N)=O. The van der Waals surface area contributed by atoms with Crippen molar-refractivity contribution in [2.24, 2.45) is 10.8 Å². The Kier molecular flexibility index (Phi) is 6.68. The average Bonchev–Trinajstić information content (AvgIpc) is 2.62. The van der Waals surface area contributed by atoms with Crippen LogP contribution in [0, 0.1) is 6.92 Å². The highest BCUT2D eigenvalue weighted by Gasteiger charge is 2.14. The molecule has 2 aromatic carbocycles. The fourth-order valence-corrected chi connectivity index (χ4v) is 2.28. The summed E-state index contributed by atoms with van der Waals surface area (Å²) in [7, 11) is 2.97. The number of methoxy groups -OCH3 is 2. The van der Waals surface area contributed by atoms with Gasteiger partial charge in [-0.05, 0) is 36.8 Å². The predicted molar refractivity (Wildman–Crippen MR) is 102 cm³/mol. The van der Waals surface area contributed by atoms with Crippen molar-refractivity contribution < 1.29 is 19.0 Å². The number of carbonyl (C=O) groups excluding carboxylic acids is 1. The van der Waals surface area contributed by atoms with Crippen molar-refractivity contribution in [1.29, 1.82) is 0 Å². The highest BCUT2D eigenvalue weighted by atomic mass is 35.5. The number of ether oxygens (including phenoxy) is 3. The molecule has 0 aliphatic carbocycles. The lowest BCUT2D eigenvalue weighted by Gasteiger charge is -2.14. The van der Waals surface area contributed by atoms with Gasteiger partial charge < -0.3 is 19.9 Å². The second-order valence-corrected chi connectivity index (χ2v) is 5.75. The number of nitrogens with zero attached hydrogens (tertiary/aromatic N) is 1. The zero-order valence-corrected chi connectivity index (χ0v) is 15.5. The van der Waals surface area contributed by atoms with Gasteiger partial charge in [0.25, 0.3) is 5.91 Å². The zero-order chi connectivity index (χ0) is 19.1. The molecule has 0 aromatic heterocycles. The molecule has 0 aliphatic heterocycles. The van der Waals surface area contributed by atoms with E-state index < -0.39 is 5.91 Å². The van der Waals surface area contributed by atoms with Crippen LogP contribution in [0.5, 0.6) is 17.2 Å². The van der Waals surface area contributed by atoms with Crippen molar-refractivity contribution in [3.63, 3.8) is 0 Å². The van der Waals surface area contributed by atoms with Crippen molar-refractivity contribution >= 4 is 29.4 Å². The summed E-state index contributed by atoms with van der Waals surface area (Å²) >= 11 is 6.09. The second-order valence-electron chi connectivity index (χ2n) is 5.34. The molecule has 0 atom stereocenters. The van der Waals surface area contributed by atoms with E-state index in [0.717, 1.165) is 11.3 Å². The molecule has 2 rings (SSSR count). The number of hydrazone groups is 1. The summed E-state index contributed by atoms with van der Waals surface area (Å²) in [5.41, 5.74) is 10.5. The van der Waals surface area contributed by atoms with Crippen LogP contribution in [0.2, 0.25) is 5.02 Å². The van der Waals surface area contributed by atoms with E-state index in [0.29, 0.717) is 27.8 Å². The summed E-state index contributed by atoms with van der Waals surface area (Å²) in [5.74, 6) is 0.487. The van der Waals surface area contributed by atoms with E-state index in [2.05, 4.69) is 10.5 Å². The van der Waals surface area contributed by atoms with Gasteiger partial charge in [0.1, 0.15) is 0 Å². The maximum Gasteiger partial charge on any atom is 0.255 e. The fraction of sp³-hybridized carbons (Fsp3) is 0.222. The van der Waals surface area contributed by atoms with Crippen LogP contribution < -0.4 is 25.4 Å². The monoisotopic (exact) mass is 377 g/mol. The Labute approximate surface area is 156 Å². The topological polar surface area (TPSA) is 95.2 Å². The van der Waals surface area contributed by atoms with Gasteiger partial charge in [0, 0.05) is 10.6 Å². The smallest absolute Gasteiger partial charge is 0.255 e. The third-order valence-corrected chi connectivity index (χ3v) is 3.83. The van der Waals surface area contributed by atoms with Crippen LogP contribution >= 0.6 is 11.6 Å². The average molecular weight is 378 g/mol. The van der Waals surface area contributed by atoms with Crippen LogP contribution in [0.1, 0.15) is 11.1 Å².